The van der Waals surface area contributed by atoms with Gasteiger partial charge in [0.15, 0.2) is 0 Å². The van der Waals surface area contributed by atoms with Crippen molar-refractivity contribution in [2.75, 3.05) is 13.1 Å². The Morgan fingerprint density at radius 2 is 1.67 bits per heavy atom. The SMILES string of the molecule is Cc1ccc(S(=O)(=O)N2CCc3ccccc3[C@@H]2CC(=O)NCCCc2ccccc2)cc1. The minimum absolute atomic E-state index is 0.105. The number of fused-ring (bicyclic) bond motifs is 1. The van der Waals surface area contributed by atoms with Gasteiger partial charge in [-0.1, -0.05) is 72.3 Å². The van der Waals surface area contributed by atoms with Gasteiger partial charge in [0.25, 0.3) is 0 Å². The molecule has 6 heteroatoms. The van der Waals surface area contributed by atoms with Crippen molar-refractivity contribution in [2.24, 2.45) is 0 Å². The molecule has 3 aromatic rings. The lowest BCUT2D eigenvalue weighted by Crippen LogP contribution is -2.42. The highest BCUT2D eigenvalue weighted by Crippen LogP contribution is 2.36. The summed E-state index contributed by atoms with van der Waals surface area (Å²) in [6.45, 7) is 2.85. The lowest BCUT2D eigenvalue weighted by molar-refractivity contribution is -0.122. The molecule has 0 unspecified atom stereocenters. The first-order chi connectivity index (χ1) is 15.9. The first-order valence-corrected chi connectivity index (χ1v) is 12.9. The van der Waals surface area contributed by atoms with Gasteiger partial charge >= 0.3 is 0 Å². The predicted molar refractivity (Wildman–Crippen MR) is 130 cm³/mol. The van der Waals surface area contributed by atoms with Gasteiger partial charge in [-0.25, -0.2) is 8.42 Å². The van der Waals surface area contributed by atoms with E-state index in [9.17, 15) is 13.2 Å². The zero-order valence-corrected chi connectivity index (χ0v) is 19.7. The van der Waals surface area contributed by atoms with Crippen LogP contribution in [0, 0.1) is 6.92 Å². The summed E-state index contributed by atoms with van der Waals surface area (Å²) in [5, 5.41) is 2.99. The number of hydrogen-bond donors (Lipinski definition) is 1. The van der Waals surface area contributed by atoms with Crippen LogP contribution in [0.2, 0.25) is 0 Å². The van der Waals surface area contributed by atoms with E-state index in [0.29, 0.717) is 19.5 Å². The third-order valence-corrected chi connectivity index (χ3v) is 8.10. The van der Waals surface area contributed by atoms with E-state index in [2.05, 4.69) is 17.4 Å². The molecule has 0 saturated carbocycles. The molecule has 0 spiro atoms. The molecule has 0 fully saturated rings. The van der Waals surface area contributed by atoms with Crippen LogP contribution in [0.15, 0.2) is 83.8 Å². The van der Waals surface area contributed by atoms with E-state index in [1.807, 2.05) is 49.4 Å². The molecule has 3 aromatic carbocycles. The van der Waals surface area contributed by atoms with E-state index in [1.54, 1.807) is 24.3 Å². The van der Waals surface area contributed by atoms with Gasteiger partial charge in [0.1, 0.15) is 0 Å². The third-order valence-electron chi connectivity index (χ3n) is 6.18. The first-order valence-electron chi connectivity index (χ1n) is 11.4. The van der Waals surface area contributed by atoms with Crippen LogP contribution in [0.25, 0.3) is 0 Å². The highest BCUT2D eigenvalue weighted by molar-refractivity contribution is 7.89. The van der Waals surface area contributed by atoms with E-state index in [1.165, 1.54) is 9.87 Å². The van der Waals surface area contributed by atoms with E-state index in [0.717, 1.165) is 29.5 Å². The quantitative estimate of drug-likeness (QED) is 0.504. The maximum absolute atomic E-state index is 13.5. The van der Waals surface area contributed by atoms with Gasteiger partial charge < -0.3 is 5.32 Å². The largest absolute Gasteiger partial charge is 0.356 e. The number of sulfonamides is 1. The van der Waals surface area contributed by atoms with Crippen molar-refractivity contribution in [3.63, 3.8) is 0 Å². The van der Waals surface area contributed by atoms with Crippen LogP contribution < -0.4 is 5.32 Å². The Morgan fingerprint density at radius 1 is 0.970 bits per heavy atom. The highest BCUT2D eigenvalue weighted by Gasteiger charge is 2.37. The molecule has 0 saturated heterocycles. The van der Waals surface area contributed by atoms with Crippen molar-refractivity contribution in [2.45, 2.75) is 43.5 Å². The van der Waals surface area contributed by atoms with Crippen LogP contribution in [-0.2, 0) is 27.7 Å². The molecule has 1 aliphatic heterocycles. The number of hydrogen-bond acceptors (Lipinski definition) is 3. The molecule has 33 heavy (non-hydrogen) atoms. The number of carbonyl (C=O) groups excluding carboxylic acids is 1. The average molecular weight is 463 g/mol. The lowest BCUT2D eigenvalue weighted by atomic mass is 9.92. The van der Waals surface area contributed by atoms with Crippen molar-refractivity contribution in [3.05, 3.63) is 101 Å². The Balaban J connectivity index is 1.48. The zero-order valence-electron chi connectivity index (χ0n) is 18.9. The van der Waals surface area contributed by atoms with Crippen LogP contribution in [0.4, 0.5) is 0 Å². The number of aryl methyl sites for hydroxylation is 2. The third kappa shape index (κ3) is 5.52. The van der Waals surface area contributed by atoms with Crippen molar-refractivity contribution < 1.29 is 13.2 Å². The van der Waals surface area contributed by atoms with Gasteiger partial charge in [0.05, 0.1) is 10.9 Å². The summed E-state index contributed by atoms with van der Waals surface area (Å²) in [6.07, 6.45) is 2.47. The normalized spacial score (nSPS) is 16.2. The maximum atomic E-state index is 13.5. The summed E-state index contributed by atoms with van der Waals surface area (Å²) < 4.78 is 28.5. The summed E-state index contributed by atoms with van der Waals surface area (Å²) in [4.78, 5) is 13.1. The molecule has 1 N–H and O–H groups in total. The van der Waals surface area contributed by atoms with Crippen molar-refractivity contribution in [3.8, 4) is 0 Å². The lowest BCUT2D eigenvalue weighted by Gasteiger charge is -2.36. The number of amides is 1. The maximum Gasteiger partial charge on any atom is 0.243 e. The minimum atomic E-state index is -3.72. The number of carbonyl (C=O) groups is 1. The molecular formula is C27H30N2O3S. The van der Waals surface area contributed by atoms with Crippen molar-refractivity contribution in [1.82, 2.24) is 9.62 Å². The summed E-state index contributed by atoms with van der Waals surface area (Å²) in [7, 11) is -3.72. The Morgan fingerprint density at radius 3 is 2.42 bits per heavy atom. The van der Waals surface area contributed by atoms with Crippen LogP contribution >= 0.6 is 0 Å². The second-order valence-electron chi connectivity index (χ2n) is 8.54. The molecule has 0 radical (unpaired) electrons. The number of benzene rings is 3. The topological polar surface area (TPSA) is 66.5 Å². The Labute approximate surface area is 196 Å². The molecule has 1 aliphatic rings. The van der Waals surface area contributed by atoms with Gasteiger partial charge in [-0.15, -0.1) is 0 Å². The van der Waals surface area contributed by atoms with Crippen molar-refractivity contribution >= 4 is 15.9 Å². The molecule has 1 amide bonds. The van der Waals surface area contributed by atoms with E-state index < -0.39 is 16.1 Å². The molecule has 1 heterocycles. The van der Waals surface area contributed by atoms with Gasteiger partial charge in [-0.2, -0.15) is 4.31 Å². The van der Waals surface area contributed by atoms with Crippen LogP contribution in [0.5, 0.6) is 0 Å². The smallest absolute Gasteiger partial charge is 0.243 e. The van der Waals surface area contributed by atoms with Gasteiger partial charge in [-0.3, -0.25) is 4.79 Å². The molecule has 0 aromatic heterocycles. The number of nitrogens with zero attached hydrogens (tertiary/aromatic N) is 1. The Kier molecular flexibility index (Phi) is 7.26. The van der Waals surface area contributed by atoms with Crippen molar-refractivity contribution in [1.29, 1.82) is 0 Å². The van der Waals surface area contributed by atoms with E-state index >= 15 is 0 Å². The Bertz CT molecular complexity index is 1190. The standard InChI is InChI=1S/C27H30N2O3S/c1-21-13-15-24(16-14-21)33(31,32)29-19-17-23-11-5-6-12-25(23)26(29)20-27(30)28-18-7-10-22-8-3-2-4-9-22/h2-6,8-9,11-16,26H,7,10,17-20H2,1H3,(H,28,30)/t26-/m0/s1. The highest BCUT2D eigenvalue weighted by atomic mass is 32.2. The second-order valence-corrected chi connectivity index (χ2v) is 10.4. The van der Waals surface area contributed by atoms with E-state index in [-0.39, 0.29) is 17.2 Å². The van der Waals surface area contributed by atoms with Gasteiger partial charge in [0.2, 0.25) is 15.9 Å². The fourth-order valence-corrected chi connectivity index (χ4v) is 5.99. The van der Waals surface area contributed by atoms with Crippen LogP contribution in [0.3, 0.4) is 0 Å². The number of rotatable bonds is 8. The average Bonchev–Trinajstić information content (AvgIpc) is 2.83. The first kappa shape index (κ1) is 23.2. The molecular weight excluding hydrogens is 432 g/mol. The molecule has 5 nitrogen and oxygen atoms in total. The summed E-state index contributed by atoms with van der Waals surface area (Å²) in [6, 6.07) is 24.4. The van der Waals surface area contributed by atoms with Gasteiger partial charge in [0, 0.05) is 19.5 Å². The summed E-state index contributed by atoms with van der Waals surface area (Å²) in [5.41, 5.74) is 4.27. The van der Waals surface area contributed by atoms with E-state index in [4.69, 9.17) is 0 Å². The predicted octanol–water partition coefficient (Wildman–Crippen LogP) is 4.42. The molecule has 1 atom stereocenters. The molecule has 0 bridgehead atoms. The summed E-state index contributed by atoms with van der Waals surface area (Å²) in [5.74, 6) is -0.131. The molecule has 4 rings (SSSR count). The van der Waals surface area contributed by atoms with Crippen LogP contribution in [-0.4, -0.2) is 31.7 Å². The zero-order chi connectivity index (χ0) is 23.3. The second kappa shape index (κ2) is 10.3. The Hall–Kier alpha value is -2.96. The van der Waals surface area contributed by atoms with Gasteiger partial charge in [-0.05, 0) is 55.0 Å². The number of nitrogens with one attached hydrogen (secondary N) is 1. The fraction of sp³-hybridized carbons (Fsp3) is 0.296. The van der Waals surface area contributed by atoms with Crippen LogP contribution in [0.1, 0.15) is 41.1 Å². The monoisotopic (exact) mass is 462 g/mol. The minimum Gasteiger partial charge on any atom is -0.356 e. The molecule has 0 aliphatic carbocycles. The molecule has 172 valence electrons. The summed E-state index contributed by atoms with van der Waals surface area (Å²) >= 11 is 0. The fourth-order valence-electron chi connectivity index (χ4n) is 4.39.